The third-order valence-corrected chi connectivity index (χ3v) is 8.09. The average Bonchev–Trinajstić information content (AvgIpc) is 3.53. The Labute approximate surface area is 239 Å². The Morgan fingerprint density at radius 3 is 2.64 bits per heavy atom. The molecule has 0 bridgehead atoms. The summed E-state index contributed by atoms with van der Waals surface area (Å²) in [6.07, 6.45) is 5.42. The Hall–Kier alpha value is -3.64. The summed E-state index contributed by atoms with van der Waals surface area (Å²) >= 11 is 2.31. The van der Waals surface area contributed by atoms with E-state index in [1.165, 1.54) is 24.8 Å². The van der Waals surface area contributed by atoms with Gasteiger partial charge in [-0.15, -0.1) is 10.2 Å². The molecule has 1 aliphatic heterocycles. The second-order valence-electron chi connectivity index (χ2n) is 9.60. The number of aryl methyl sites for hydroxylation is 1. The van der Waals surface area contributed by atoms with Crippen LogP contribution in [0.15, 0.2) is 70.3 Å². The lowest BCUT2D eigenvalue weighted by Gasteiger charge is -2.23. The van der Waals surface area contributed by atoms with E-state index in [0.717, 1.165) is 40.9 Å². The van der Waals surface area contributed by atoms with Gasteiger partial charge < -0.3 is 15.1 Å². The maximum atomic E-state index is 13.7. The van der Waals surface area contributed by atoms with Crippen LogP contribution in [-0.4, -0.2) is 37.8 Å². The van der Waals surface area contributed by atoms with Crippen LogP contribution in [0.5, 0.6) is 0 Å². The number of anilines is 2. The zero-order valence-corrected chi connectivity index (χ0v) is 23.7. The van der Waals surface area contributed by atoms with Gasteiger partial charge in [0.2, 0.25) is 18.2 Å². The Bertz CT molecular complexity index is 1660. The van der Waals surface area contributed by atoms with Gasteiger partial charge in [0.15, 0.2) is 0 Å². The minimum Gasteiger partial charge on any atom is -0.423 e. The highest BCUT2D eigenvalue weighted by molar-refractivity contribution is 14.1. The van der Waals surface area contributed by atoms with Gasteiger partial charge in [0.25, 0.3) is 5.56 Å². The van der Waals surface area contributed by atoms with Crippen LogP contribution >= 0.6 is 22.6 Å². The first-order valence-electron chi connectivity index (χ1n) is 13.1. The summed E-state index contributed by atoms with van der Waals surface area (Å²) < 4.78 is 7.78. The van der Waals surface area contributed by atoms with Gasteiger partial charge in [-0.25, -0.2) is 4.98 Å². The number of pyridine rings is 1. The quantitative estimate of drug-likeness (QED) is 0.174. The molecule has 0 spiro atoms. The van der Waals surface area contributed by atoms with Gasteiger partial charge in [0.1, 0.15) is 5.65 Å². The number of piperidine rings is 1. The largest absolute Gasteiger partial charge is 0.423 e. The molecular formula is C29H28IN7O2. The van der Waals surface area contributed by atoms with Crippen LogP contribution in [0.4, 0.5) is 11.6 Å². The van der Waals surface area contributed by atoms with E-state index in [1.807, 2.05) is 31.2 Å². The molecule has 4 heterocycles. The van der Waals surface area contributed by atoms with Crippen molar-refractivity contribution in [3.05, 3.63) is 82.6 Å². The van der Waals surface area contributed by atoms with Gasteiger partial charge >= 0.3 is 0 Å². The SMILES string of the molecule is CCn1c(=O)c(-c2ccc(-c3nnco3)cc2CI)cc2cnc(Nc3ccc(C4CCNCC4)cc3)nc21. The van der Waals surface area contributed by atoms with E-state index in [9.17, 15) is 4.79 Å². The Morgan fingerprint density at radius 2 is 1.92 bits per heavy atom. The third-order valence-electron chi connectivity index (χ3n) is 7.27. The molecule has 0 radical (unpaired) electrons. The molecule has 9 nitrogen and oxygen atoms in total. The number of hydrogen-bond acceptors (Lipinski definition) is 8. The number of rotatable bonds is 7. The number of hydrogen-bond donors (Lipinski definition) is 2. The average molecular weight is 633 g/mol. The van der Waals surface area contributed by atoms with Crippen LogP contribution in [0.2, 0.25) is 0 Å². The molecule has 0 amide bonds. The molecule has 10 heteroatoms. The second kappa shape index (κ2) is 11.2. The van der Waals surface area contributed by atoms with Crippen LogP contribution in [0.3, 0.4) is 0 Å². The molecule has 2 N–H and O–H groups in total. The van der Waals surface area contributed by atoms with E-state index < -0.39 is 0 Å². The summed E-state index contributed by atoms with van der Waals surface area (Å²) in [4.78, 5) is 23.0. The van der Waals surface area contributed by atoms with Gasteiger partial charge in [-0.05, 0) is 85.8 Å². The molecular weight excluding hydrogens is 605 g/mol. The molecule has 198 valence electrons. The molecule has 1 saturated heterocycles. The van der Waals surface area contributed by atoms with Crippen molar-refractivity contribution in [2.45, 2.75) is 36.7 Å². The van der Waals surface area contributed by atoms with Crippen molar-refractivity contribution in [3.63, 3.8) is 0 Å². The van der Waals surface area contributed by atoms with Crippen molar-refractivity contribution < 1.29 is 4.42 Å². The molecule has 2 aromatic carbocycles. The Morgan fingerprint density at radius 1 is 1.10 bits per heavy atom. The second-order valence-corrected chi connectivity index (χ2v) is 10.4. The molecule has 1 fully saturated rings. The Balaban J connectivity index is 1.32. The van der Waals surface area contributed by atoms with Gasteiger partial charge in [-0.3, -0.25) is 9.36 Å². The number of nitrogens with zero attached hydrogens (tertiary/aromatic N) is 5. The summed E-state index contributed by atoms with van der Waals surface area (Å²) in [5.74, 6) is 1.52. The summed E-state index contributed by atoms with van der Waals surface area (Å²) in [7, 11) is 0. The van der Waals surface area contributed by atoms with Gasteiger partial charge in [-0.1, -0.05) is 40.8 Å². The highest BCUT2D eigenvalue weighted by Gasteiger charge is 2.17. The first kappa shape index (κ1) is 25.6. The molecule has 3 aromatic heterocycles. The number of benzene rings is 2. The molecule has 39 heavy (non-hydrogen) atoms. The fourth-order valence-corrected chi connectivity index (χ4v) is 5.86. The molecule has 0 saturated carbocycles. The molecule has 6 rings (SSSR count). The van der Waals surface area contributed by atoms with Crippen LogP contribution in [-0.2, 0) is 11.0 Å². The van der Waals surface area contributed by atoms with E-state index in [2.05, 4.69) is 72.7 Å². The third kappa shape index (κ3) is 5.18. The summed E-state index contributed by atoms with van der Waals surface area (Å²) in [5.41, 5.74) is 6.13. The van der Waals surface area contributed by atoms with Gasteiger partial charge in [0, 0.05) is 39.4 Å². The molecule has 1 aliphatic rings. The number of fused-ring (bicyclic) bond motifs is 1. The van der Waals surface area contributed by atoms with Crippen LogP contribution in [0.1, 0.15) is 36.8 Å². The van der Waals surface area contributed by atoms with E-state index in [4.69, 9.17) is 9.40 Å². The van der Waals surface area contributed by atoms with E-state index in [0.29, 0.717) is 39.9 Å². The van der Waals surface area contributed by atoms with Gasteiger partial charge in [-0.2, -0.15) is 4.98 Å². The smallest absolute Gasteiger partial charge is 0.260 e. The summed E-state index contributed by atoms with van der Waals surface area (Å²) in [5, 5.41) is 15.3. The topological polar surface area (TPSA) is 111 Å². The number of alkyl halides is 1. The predicted octanol–water partition coefficient (Wildman–Crippen LogP) is 5.67. The molecule has 0 atom stereocenters. The maximum absolute atomic E-state index is 13.7. The van der Waals surface area contributed by atoms with Crippen molar-refractivity contribution in [1.82, 2.24) is 30.0 Å². The first-order valence-corrected chi connectivity index (χ1v) is 14.6. The fraction of sp³-hybridized carbons (Fsp3) is 0.276. The predicted molar refractivity (Wildman–Crippen MR) is 160 cm³/mol. The Kier molecular flexibility index (Phi) is 7.38. The van der Waals surface area contributed by atoms with Crippen molar-refractivity contribution >= 4 is 45.3 Å². The van der Waals surface area contributed by atoms with Crippen molar-refractivity contribution in [3.8, 4) is 22.6 Å². The fourth-order valence-electron chi connectivity index (χ4n) is 5.23. The first-order chi connectivity index (χ1) is 19.1. The number of nitrogens with one attached hydrogen (secondary N) is 2. The van der Waals surface area contributed by atoms with Crippen LogP contribution in [0.25, 0.3) is 33.6 Å². The normalized spacial score (nSPS) is 14.1. The van der Waals surface area contributed by atoms with Crippen molar-refractivity contribution in [2.75, 3.05) is 18.4 Å². The molecule has 0 unspecified atom stereocenters. The standard InChI is InChI=1S/C29H28IN7O2/c1-2-37-26-22(14-25(28(37)38)24-8-5-20(13-21(24)15-30)27-36-33-17-39-27)16-32-29(35-26)34-23-6-3-18(4-7-23)19-9-11-31-12-10-19/h3-8,13-14,16-17,19,31H,2,9-12,15H2,1H3,(H,32,34,35). The van der Waals surface area contributed by atoms with Crippen LogP contribution < -0.4 is 16.2 Å². The summed E-state index contributed by atoms with van der Waals surface area (Å²) in [6, 6.07) is 16.2. The number of halogens is 1. The molecule has 0 aliphatic carbocycles. The summed E-state index contributed by atoms with van der Waals surface area (Å²) in [6.45, 7) is 4.59. The lowest BCUT2D eigenvalue weighted by Crippen LogP contribution is -2.26. The van der Waals surface area contributed by atoms with E-state index in [1.54, 1.807) is 10.8 Å². The highest BCUT2D eigenvalue weighted by atomic mass is 127. The zero-order valence-electron chi connectivity index (χ0n) is 21.5. The van der Waals surface area contributed by atoms with Crippen molar-refractivity contribution in [2.24, 2.45) is 0 Å². The lowest BCUT2D eigenvalue weighted by molar-refractivity contribution is 0.460. The van der Waals surface area contributed by atoms with Crippen LogP contribution in [0, 0.1) is 0 Å². The minimum atomic E-state index is -0.0855. The maximum Gasteiger partial charge on any atom is 0.260 e. The zero-order chi connectivity index (χ0) is 26.8. The van der Waals surface area contributed by atoms with Gasteiger partial charge in [0.05, 0.1) is 0 Å². The monoisotopic (exact) mass is 633 g/mol. The van der Waals surface area contributed by atoms with Crippen molar-refractivity contribution in [1.29, 1.82) is 0 Å². The number of aromatic nitrogens is 5. The minimum absolute atomic E-state index is 0.0855. The lowest BCUT2D eigenvalue weighted by atomic mass is 9.90. The molecule has 5 aromatic rings. The highest BCUT2D eigenvalue weighted by Crippen LogP contribution is 2.30. The van der Waals surface area contributed by atoms with E-state index in [-0.39, 0.29) is 5.56 Å². The van der Waals surface area contributed by atoms with E-state index >= 15 is 0 Å².